The maximum atomic E-state index is 5.49. The molecule has 74 valence electrons. The van der Waals surface area contributed by atoms with E-state index in [0.717, 1.165) is 23.6 Å². The molecule has 2 heterocycles. The van der Waals surface area contributed by atoms with Crippen molar-refractivity contribution >= 4 is 5.78 Å². The number of rotatable bonds is 2. The third-order valence-electron chi connectivity index (χ3n) is 2.13. The molecule has 14 heavy (non-hydrogen) atoms. The molecule has 0 spiro atoms. The van der Waals surface area contributed by atoms with Crippen LogP contribution in [0.1, 0.15) is 17.2 Å². The topological polar surface area (TPSA) is 69.1 Å². The highest BCUT2D eigenvalue weighted by atomic mass is 15.3. The fourth-order valence-corrected chi connectivity index (χ4v) is 1.59. The normalized spacial score (nSPS) is 11.1. The molecule has 5 heteroatoms. The van der Waals surface area contributed by atoms with Gasteiger partial charge in [0.05, 0.1) is 0 Å². The Kier molecular flexibility index (Phi) is 2.17. The molecule has 0 aromatic carbocycles. The summed E-state index contributed by atoms with van der Waals surface area (Å²) < 4.78 is 1.94. The molecule has 2 aromatic rings. The quantitative estimate of drug-likeness (QED) is 0.738. The first-order chi connectivity index (χ1) is 6.72. The van der Waals surface area contributed by atoms with Crippen molar-refractivity contribution in [1.82, 2.24) is 19.6 Å². The lowest BCUT2D eigenvalue weighted by atomic mass is 10.3. The number of nitrogens with two attached hydrogens (primary N) is 1. The number of fused-ring (bicyclic) bond motifs is 1. The number of hydrogen-bond donors (Lipinski definition) is 1. The average molecular weight is 191 g/mol. The maximum absolute atomic E-state index is 5.49. The highest BCUT2D eigenvalue weighted by Crippen LogP contribution is 2.07. The fourth-order valence-electron chi connectivity index (χ4n) is 1.59. The summed E-state index contributed by atoms with van der Waals surface area (Å²) in [6.45, 7) is 4.55. The van der Waals surface area contributed by atoms with Gasteiger partial charge in [-0.2, -0.15) is 0 Å². The van der Waals surface area contributed by atoms with Crippen molar-refractivity contribution in [2.75, 3.05) is 6.54 Å². The number of nitrogens with zero attached hydrogens (tertiary/aromatic N) is 4. The van der Waals surface area contributed by atoms with E-state index in [1.807, 2.05) is 24.3 Å². The molecule has 2 rings (SSSR count). The second-order valence-electron chi connectivity index (χ2n) is 3.33. The zero-order chi connectivity index (χ0) is 10.1. The van der Waals surface area contributed by atoms with Gasteiger partial charge >= 0.3 is 0 Å². The second-order valence-corrected chi connectivity index (χ2v) is 3.33. The van der Waals surface area contributed by atoms with E-state index in [1.54, 1.807) is 0 Å². The minimum absolute atomic E-state index is 0.577. The summed E-state index contributed by atoms with van der Waals surface area (Å²) in [6, 6.07) is 2.01. The van der Waals surface area contributed by atoms with Crippen LogP contribution in [0.2, 0.25) is 0 Å². The number of aryl methyl sites for hydroxylation is 2. The molecule has 0 aliphatic rings. The second kappa shape index (κ2) is 3.34. The molecule has 0 amide bonds. The largest absolute Gasteiger partial charge is 0.330 e. The molecule has 0 aliphatic carbocycles. The van der Waals surface area contributed by atoms with Crippen LogP contribution in [-0.4, -0.2) is 26.1 Å². The first kappa shape index (κ1) is 9.08. The third-order valence-corrected chi connectivity index (χ3v) is 2.13. The van der Waals surface area contributed by atoms with Crippen molar-refractivity contribution in [3.05, 3.63) is 23.3 Å². The number of hydrogen-bond acceptors (Lipinski definition) is 4. The van der Waals surface area contributed by atoms with E-state index in [9.17, 15) is 0 Å². The monoisotopic (exact) mass is 191 g/mol. The van der Waals surface area contributed by atoms with Crippen molar-refractivity contribution in [2.45, 2.75) is 20.3 Å². The van der Waals surface area contributed by atoms with Crippen LogP contribution in [0.5, 0.6) is 0 Å². The van der Waals surface area contributed by atoms with Gasteiger partial charge in [-0.25, -0.2) is 4.98 Å². The van der Waals surface area contributed by atoms with E-state index < -0.39 is 0 Å². The van der Waals surface area contributed by atoms with Gasteiger partial charge in [-0.1, -0.05) is 0 Å². The molecule has 0 bridgehead atoms. The minimum Gasteiger partial charge on any atom is -0.330 e. The van der Waals surface area contributed by atoms with Crippen LogP contribution >= 0.6 is 0 Å². The summed E-state index contributed by atoms with van der Waals surface area (Å²) in [6.07, 6.45) is 0.729. The molecule has 0 saturated carbocycles. The van der Waals surface area contributed by atoms with E-state index in [1.165, 1.54) is 0 Å². The van der Waals surface area contributed by atoms with Gasteiger partial charge < -0.3 is 5.73 Å². The average Bonchev–Trinajstić information content (AvgIpc) is 2.49. The first-order valence-corrected chi connectivity index (χ1v) is 4.60. The van der Waals surface area contributed by atoms with Crippen molar-refractivity contribution in [3.8, 4) is 0 Å². The molecule has 0 radical (unpaired) electrons. The summed E-state index contributed by atoms with van der Waals surface area (Å²) in [5.74, 6) is 1.54. The molecule has 0 unspecified atom stereocenters. The Hall–Kier alpha value is -1.49. The van der Waals surface area contributed by atoms with E-state index in [0.29, 0.717) is 12.3 Å². The van der Waals surface area contributed by atoms with Gasteiger partial charge in [0.25, 0.3) is 5.78 Å². The number of aromatic nitrogens is 4. The van der Waals surface area contributed by atoms with Gasteiger partial charge in [-0.15, -0.1) is 10.2 Å². The van der Waals surface area contributed by atoms with Gasteiger partial charge in [0.1, 0.15) is 5.82 Å². The summed E-state index contributed by atoms with van der Waals surface area (Å²) in [5, 5.41) is 8.06. The van der Waals surface area contributed by atoms with E-state index in [4.69, 9.17) is 5.73 Å². The van der Waals surface area contributed by atoms with Crippen LogP contribution < -0.4 is 5.73 Å². The zero-order valence-electron chi connectivity index (χ0n) is 8.36. The van der Waals surface area contributed by atoms with Crippen LogP contribution in [0.25, 0.3) is 5.78 Å². The van der Waals surface area contributed by atoms with Gasteiger partial charge in [0.2, 0.25) is 0 Å². The van der Waals surface area contributed by atoms with E-state index in [-0.39, 0.29) is 0 Å². The summed E-state index contributed by atoms with van der Waals surface area (Å²) in [7, 11) is 0. The minimum atomic E-state index is 0.577. The predicted molar refractivity (Wildman–Crippen MR) is 53.0 cm³/mol. The van der Waals surface area contributed by atoms with Crippen LogP contribution in [0, 0.1) is 13.8 Å². The predicted octanol–water partition coefficient (Wildman–Crippen LogP) is 0.242. The van der Waals surface area contributed by atoms with Crippen LogP contribution in [0.3, 0.4) is 0 Å². The molecule has 5 nitrogen and oxygen atoms in total. The Labute approximate surface area is 82.0 Å². The highest BCUT2D eigenvalue weighted by Gasteiger charge is 2.07. The van der Waals surface area contributed by atoms with Gasteiger partial charge in [0, 0.05) is 17.8 Å². The lowest BCUT2D eigenvalue weighted by molar-refractivity contribution is 0.834. The van der Waals surface area contributed by atoms with Crippen molar-refractivity contribution < 1.29 is 0 Å². The molecule has 2 N–H and O–H groups in total. The fraction of sp³-hybridized carbons (Fsp3) is 0.444. The van der Waals surface area contributed by atoms with Crippen molar-refractivity contribution in [2.24, 2.45) is 5.73 Å². The molecule has 0 saturated heterocycles. The van der Waals surface area contributed by atoms with Crippen molar-refractivity contribution in [1.29, 1.82) is 0 Å². The molecule has 0 fully saturated rings. The van der Waals surface area contributed by atoms with Crippen LogP contribution in [-0.2, 0) is 6.42 Å². The Morgan fingerprint density at radius 3 is 2.86 bits per heavy atom. The van der Waals surface area contributed by atoms with Crippen LogP contribution in [0.15, 0.2) is 6.07 Å². The summed E-state index contributed by atoms with van der Waals surface area (Å²) in [4.78, 5) is 4.29. The Morgan fingerprint density at radius 1 is 1.36 bits per heavy atom. The van der Waals surface area contributed by atoms with E-state index >= 15 is 0 Å². The molecule has 2 aromatic heterocycles. The Bertz CT molecular complexity index is 459. The van der Waals surface area contributed by atoms with Crippen molar-refractivity contribution in [3.63, 3.8) is 0 Å². The zero-order valence-corrected chi connectivity index (χ0v) is 8.36. The standard InChI is InChI=1S/C9H13N5/c1-6-5-7(2)14-8(3-4-10)12-13-9(14)11-6/h5H,3-4,10H2,1-2H3. The first-order valence-electron chi connectivity index (χ1n) is 4.60. The molecule has 0 atom stereocenters. The van der Waals surface area contributed by atoms with Gasteiger partial charge in [0.15, 0.2) is 0 Å². The van der Waals surface area contributed by atoms with E-state index in [2.05, 4.69) is 15.2 Å². The highest BCUT2D eigenvalue weighted by molar-refractivity contribution is 5.32. The lowest BCUT2D eigenvalue weighted by Gasteiger charge is -2.02. The third kappa shape index (κ3) is 1.35. The molecular formula is C9H13N5. The van der Waals surface area contributed by atoms with Gasteiger partial charge in [-0.05, 0) is 26.5 Å². The Morgan fingerprint density at radius 2 is 2.14 bits per heavy atom. The maximum Gasteiger partial charge on any atom is 0.255 e. The summed E-state index contributed by atoms with van der Waals surface area (Å²) in [5.41, 5.74) is 7.55. The summed E-state index contributed by atoms with van der Waals surface area (Å²) >= 11 is 0. The molecular weight excluding hydrogens is 178 g/mol. The van der Waals surface area contributed by atoms with Gasteiger partial charge in [-0.3, -0.25) is 4.40 Å². The SMILES string of the molecule is Cc1cc(C)n2c(CCN)nnc2n1. The smallest absolute Gasteiger partial charge is 0.255 e. The molecule has 0 aliphatic heterocycles. The lowest BCUT2D eigenvalue weighted by Crippen LogP contribution is -2.08. The van der Waals surface area contributed by atoms with Crippen LogP contribution in [0.4, 0.5) is 0 Å². The Balaban J connectivity index is 2.66.